The van der Waals surface area contributed by atoms with E-state index in [0.717, 1.165) is 19.3 Å². The summed E-state index contributed by atoms with van der Waals surface area (Å²) in [5, 5.41) is 2.49. The molecule has 2 amide bonds. The fourth-order valence-electron chi connectivity index (χ4n) is 1.25. The normalized spacial score (nSPS) is 11.3. The SMILES string of the molecule is CC[C@@H](CCCNC(N)=O)C(C)=O.Cl. The summed E-state index contributed by atoms with van der Waals surface area (Å²) in [6.07, 6.45) is 2.50. The summed E-state index contributed by atoms with van der Waals surface area (Å²) in [5.41, 5.74) is 4.88. The molecule has 4 nitrogen and oxygen atoms in total. The third-order valence-corrected chi connectivity index (χ3v) is 2.10. The molecule has 0 spiro atoms. The molecule has 0 aromatic carbocycles. The van der Waals surface area contributed by atoms with E-state index in [1.54, 1.807) is 6.92 Å². The van der Waals surface area contributed by atoms with Gasteiger partial charge >= 0.3 is 6.03 Å². The van der Waals surface area contributed by atoms with Crippen LogP contribution in [-0.4, -0.2) is 18.4 Å². The highest BCUT2D eigenvalue weighted by Gasteiger charge is 2.10. The van der Waals surface area contributed by atoms with Crippen LogP contribution in [0.5, 0.6) is 0 Å². The van der Waals surface area contributed by atoms with E-state index in [-0.39, 0.29) is 24.1 Å². The van der Waals surface area contributed by atoms with Gasteiger partial charge in [-0.15, -0.1) is 12.4 Å². The Hall–Kier alpha value is -0.770. The molecule has 0 heterocycles. The van der Waals surface area contributed by atoms with Crippen LogP contribution in [0.3, 0.4) is 0 Å². The van der Waals surface area contributed by atoms with Crippen molar-refractivity contribution in [1.82, 2.24) is 5.32 Å². The number of hydrogen-bond acceptors (Lipinski definition) is 2. The van der Waals surface area contributed by atoms with Crippen molar-refractivity contribution < 1.29 is 9.59 Å². The van der Waals surface area contributed by atoms with E-state index in [0.29, 0.717) is 6.54 Å². The molecule has 84 valence electrons. The Kier molecular flexibility index (Phi) is 9.88. The number of primary amides is 1. The summed E-state index contributed by atoms with van der Waals surface area (Å²) in [6.45, 7) is 4.16. The molecule has 1 atom stereocenters. The van der Waals surface area contributed by atoms with Gasteiger partial charge in [0.15, 0.2) is 0 Å². The standard InChI is InChI=1S/C9H18N2O2.ClH/c1-3-8(7(2)12)5-4-6-11-9(10)13;/h8H,3-6H2,1-2H3,(H3,10,11,13);1H/t8-;/m0./s1. The van der Waals surface area contributed by atoms with E-state index in [1.807, 2.05) is 6.92 Å². The number of rotatable bonds is 6. The monoisotopic (exact) mass is 222 g/mol. The number of carbonyl (C=O) groups is 2. The minimum atomic E-state index is -0.504. The maximum Gasteiger partial charge on any atom is 0.312 e. The van der Waals surface area contributed by atoms with Crippen molar-refractivity contribution in [3.63, 3.8) is 0 Å². The van der Waals surface area contributed by atoms with Crippen molar-refractivity contribution in [3.8, 4) is 0 Å². The molecule has 14 heavy (non-hydrogen) atoms. The van der Waals surface area contributed by atoms with Crippen LogP contribution < -0.4 is 11.1 Å². The molecule has 0 aliphatic rings. The van der Waals surface area contributed by atoms with Crippen LogP contribution in [0.2, 0.25) is 0 Å². The fraction of sp³-hybridized carbons (Fsp3) is 0.778. The first-order valence-electron chi connectivity index (χ1n) is 4.61. The minimum Gasteiger partial charge on any atom is -0.352 e. The van der Waals surface area contributed by atoms with Crippen LogP contribution in [0.1, 0.15) is 33.1 Å². The zero-order valence-corrected chi connectivity index (χ0v) is 9.52. The van der Waals surface area contributed by atoms with E-state index in [1.165, 1.54) is 0 Å². The predicted octanol–water partition coefficient (Wildman–Crippen LogP) is 1.47. The molecule has 0 aromatic rings. The molecule has 3 N–H and O–H groups in total. The summed E-state index contributed by atoms with van der Waals surface area (Å²) in [4.78, 5) is 21.3. The Morgan fingerprint density at radius 3 is 2.36 bits per heavy atom. The van der Waals surface area contributed by atoms with Crippen molar-refractivity contribution in [2.24, 2.45) is 11.7 Å². The van der Waals surface area contributed by atoms with Gasteiger partial charge in [-0.05, 0) is 26.2 Å². The Morgan fingerprint density at radius 1 is 1.43 bits per heavy atom. The number of amides is 2. The highest BCUT2D eigenvalue weighted by atomic mass is 35.5. The molecule has 0 aromatic heterocycles. The smallest absolute Gasteiger partial charge is 0.312 e. The summed E-state index contributed by atoms with van der Waals surface area (Å²) in [5.74, 6) is 0.358. The second-order valence-corrected chi connectivity index (χ2v) is 3.15. The first kappa shape index (κ1) is 15.7. The molecule has 0 fully saturated rings. The molecule has 0 unspecified atom stereocenters. The topological polar surface area (TPSA) is 72.2 Å². The molecule has 0 rings (SSSR count). The number of nitrogens with one attached hydrogen (secondary N) is 1. The van der Waals surface area contributed by atoms with Gasteiger partial charge in [0.1, 0.15) is 5.78 Å². The summed E-state index contributed by atoms with van der Waals surface area (Å²) in [7, 11) is 0. The third-order valence-electron chi connectivity index (χ3n) is 2.10. The zero-order valence-electron chi connectivity index (χ0n) is 8.71. The van der Waals surface area contributed by atoms with Crippen LogP contribution in [0, 0.1) is 5.92 Å². The largest absolute Gasteiger partial charge is 0.352 e. The van der Waals surface area contributed by atoms with Crippen LogP contribution in [0.4, 0.5) is 4.79 Å². The lowest BCUT2D eigenvalue weighted by Crippen LogP contribution is -2.30. The van der Waals surface area contributed by atoms with Gasteiger partial charge in [-0.3, -0.25) is 4.79 Å². The van der Waals surface area contributed by atoms with Gasteiger partial charge in [0.25, 0.3) is 0 Å². The maximum atomic E-state index is 11.0. The van der Waals surface area contributed by atoms with Crippen molar-refractivity contribution in [2.45, 2.75) is 33.1 Å². The Labute approximate surface area is 91.0 Å². The number of hydrogen-bond donors (Lipinski definition) is 2. The number of urea groups is 1. The molecule has 0 bridgehead atoms. The minimum absolute atomic E-state index is 0. The van der Waals surface area contributed by atoms with Crippen molar-refractivity contribution >= 4 is 24.2 Å². The van der Waals surface area contributed by atoms with Gasteiger partial charge in [-0.25, -0.2) is 4.79 Å². The average molecular weight is 223 g/mol. The van der Waals surface area contributed by atoms with Crippen molar-refractivity contribution in [3.05, 3.63) is 0 Å². The van der Waals surface area contributed by atoms with Gasteiger partial charge in [-0.2, -0.15) is 0 Å². The second-order valence-electron chi connectivity index (χ2n) is 3.15. The van der Waals surface area contributed by atoms with E-state index < -0.39 is 6.03 Å². The number of Topliss-reactive ketones (excluding diaryl/α,β-unsaturated/α-hetero) is 1. The van der Waals surface area contributed by atoms with E-state index >= 15 is 0 Å². The van der Waals surface area contributed by atoms with Crippen LogP contribution in [0.25, 0.3) is 0 Å². The Balaban J connectivity index is 0. The third kappa shape index (κ3) is 7.86. The molecule has 0 radical (unpaired) electrons. The lowest BCUT2D eigenvalue weighted by molar-refractivity contribution is -0.121. The summed E-state index contributed by atoms with van der Waals surface area (Å²) in [6, 6.07) is -0.504. The van der Waals surface area contributed by atoms with Crippen LogP contribution in [-0.2, 0) is 4.79 Å². The lowest BCUT2D eigenvalue weighted by atomic mass is 9.96. The summed E-state index contributed by atoms with van der Waals surface area (Å²) >= 11 is 0. The van der Waals surface area contributed by atoms with Crippen LogP contribution >= 0.6 is 12.4 Å². The average Bonchev–Trinajstić information content (AvgIpc) is 2.03. The number of ketones is 1. The van der Waals surface area contributed by atoms with Gasteiger partial charge in [0.05, 0.1) is 0 Å². The lowest BCUT2D eigenvalue weighted by Gasteiger charge is -2.10. The number of nitrogens with two attached hydrogens (primary N) is 1. The van der Waals surface area contributed by atoms with E-state index in [9.17, 15) is 9.59 Å². The predicted molar refractivity (Wildman–Crippen MR) is 58.5 cm³/mol. The van der Waals surface area contributed by atoms with Crippen molar-refractivity contribution in [2.75, 3.05) is 6.54 Å². The van der Waals surface area contributed by atoms with Crippen LogP contribution in [0.15, 0.2) is 0 Å². The molecule has 0 saturated heterocycles. The van der Waals surface area contributed by atoms with Gasteiger partial charge in [0, 0.05) is 12.5 Å². The molecule has 0 aliphatic heterocycles. The molecular formula is C9H19ClN2O2. The first-order valence-corrected chi connectivity index (χ1v) is 4.61. The van der Waals surface area contributed by atoms with Gasteiger partial charge in [0.2, 0.25) is 0 Å². The molecule has 0 aliphatic carbocycles. The van der Waals surface area contributed by atoms with Gasteiger partial charge in [-0.1, -0.05) is 6.92 Å². The summed E-state index contributed by atoms with van der Waals surface area (Å²) < 4.78 is 0. The molecule has 5 heteroatoms. The fourth-order valence-corrected chi connectivity index (χ4v) is 1.25. The number of halogens is 1. The Morgan fingerprint density at radius 2 is 2.00 bits per heavy atom. The molecular weight excluding hydrogens is 204 g/mol. The zero-order chi connectivity index (χ0) is 10.3. The Bertz CT molecular complexity index is 186. The van der Waals surface area contributed by atoms with E-state index in [2.05, 4.69) is 5.32 Å². The highest BCUT2D eigenvalue weighted by molar-refractivity contribution is 5.85. The number of carbonyl (C=O) groups excluding carboxylic acids is 2. The van der Waals surface area contributed by atoms with Crippen molar-refractivity contribution in [1.29, 1.82) is 0 Å². The maximum absolute atomic E-state index is 11.0. The first-order chi connectivity index (χ1) is 6.07. The van der Waals surface area contributed by atoms with Gasteiger partial charge < -0.3 is 11.1 Å². The highest BCUT2D eigenvalue weighted by Crippen LogP contribution is 2.11. The van der Waals surface area contributed by atoms with E-state index in [4.69, 9.17) is 5.73 Å². The second kappa shape index (κ2) is 8.81. The quantitative estimate of drug-likeness (QED) is 0.668. The molecule has 0 saturated carbocycles.